The Bertz CT molecular complexity index is 1500. The number of hydrogen-bond donors (Lipinski definition) is 2. The zero-order valence-electron chi connectivity index (χ0n) is 24.3. The summed E-state index contributed by atoms with van der Waals surface area (Å²) in [5, 5.41) is 8.95. The molecule has 3 heterocycles. The number of aromatic nitrogens is 4. The van der Waals surface area contributed by atoms with Crippen molar-refractivity contribution in [2.45, 2.75) is 57.0 Å². The Hall–Kier alpha value is -3.82. The summed E-state index contributed by atoms with van der Waals surface area (Å²) in [5.74, 6) is 0.375. The Morgan fingerprint density at radius 2 is 1.56 bits per heavy atom. The standard InChI is InChI=1S/C32H40N8O/c1-32(2,23-7-5-4-6-8-23)31(41)36-24-11-9-22(10-12-24)28-27-29(33)34-21-35-30(27)40(37-28)26-15-13-25(14-16-26)39-19-17-38(3)18-20-39/h4-12,21,25-26H,13-20H2,1-3H3,(H,36,41)(H2,33,34,35). The van der Waals surface area contributed by atoms with Gasteiger partial charge in [-0.05, 0) is 64.3 Å². The normalized spacial score (nSPS) is 20.8. The molecule has 2 aromatic heterocycles. The maximum absolute atomic E-state index is 13.2. The number of carbonyl (C=O) groups is 1. The molecule has 1 aliphatic carbocycles. The highest BCUT2D eigenvalue weighted by Crippen LogP contribution is 2.37. The highest BCUT2D eigenvalue weighted by Gasteiger charge is 2.31. The molecule has 4 aromatic rings. The number of nitrogens with one attached hydrogen (secondary N) is 1. The van der Waals surface area contributed by atoms with Crippen LogP contribution in [0.2, 0.25) is 0 Å². The van der Waals surface area contributed by atoms with Crippen LogP contribution in [0.25, 0.3) is 22.3 Å². The van der Waals surface area contributed by atoms with E-state index in [-0.39, 0.29) is 11.9 Å². The summed E-state index contributed by atoms with van der Waals surface area (Å²) in [5.41, 5.74) is 9.92. The molecule has 1 saturated heterocycles. The maximum atomic E-state index is 13.2. The molecule has 9 heteroatoms. The van der Waals surface area contributed by atoms with Crippen molar-refractivity contribution in [3.63, 3.8) is 0 Å². The molecule has 3 N–H and O–H groups in total. The van der Waals surface area contributed by atoms with Crippen LogP contribution in [-0.4, -0.2) is 74.7 Å². The van der Waals surface area contributed by atoms with Crippen molar-refractivity contribution in [1.82, 2.24) is 29.5 Å². The van der Waals surface area contributed by atoms with E-state index in [1.54, 1.807) is 0 Å². The summed E-state index contributed by atoms with van der Waals surface area (Å²) in [6.45, 7) is 8.49. The minimum absolute atomic E-state index is 0.0593. The molecule has 0 unspecified atom stereocenters. The number of piperazine rings is 1. The monoisotopic (exact) mass is 552 g/mol. The third-order valence-electron chi connectivity index (χ3n) is 9.06. The number of nitrogens with zero attached hydrogens (tertiary/aromatic N) is 6. The molecule has 6 rings (SSSR count). The summed E-state index contributed by atoms with van der Waals surface area (Å²) in [7, 11) is 2.21. The summed E-state index contributed by atoms with van der Waals surface area (Å²) in [4.78, 5) is 27.2. The predicted octanol–water partition coefficient (Wildman–Crippen LogP) is 4.72. The van der Waals surface area contributed by atoms with Crippen molar-refractivity contribution in [2.75, 3.05) is 44.3 Å². The Kier molecular flexibility index (Phi) is 7.48. The first-order chi connectivity index (χ1) is 19.8. The van der Waals surface area contributed by atoms with Gasteiger partial charge in [-0.3, -0.25) is 9.69 Å². The highest BCUT2D eigenvalue weighted by atomic mass is 16.2. The molecule has 2 aromatic carbocycles. The highest BCUT2D eigenvalue weighted by molar-refractivity contribution is 6.00. The lowest BCUT2D eigenvalue weighted by molar-refractivity contribution is -0.120. The zero-order chi connectivity index (χ0) is 28.6. The molecule has 1 saturated carbocycles. The second kappa shape index (κ2) is 11.2. The second-order valence-corrected chi connectivity index (χ2v) is 12.1. The molecule has 214 valence electrons. The lowest BCUT2D eigenvalue weighted by atomic mass is 9.83. The minimum atomic E-state index is -0.663. The van der Waals surface area contributed by atoms with Crippen LogP contribution in [0.4, 0.5) is 11.5 Å². The van der Waals surface area contributed by atoms with Gasteiger partial charge in [0.25, 0.3) is 0 Å². The van der Waals surface area contributed by atoms with Crippen LogP contribution in [0.1, 0.15) is 51.1 Å². The van der Waals surface area contributed by atoms with Crippen LogP contribution in [-0.2, 0) is 10.2 Å². The number of amides is 1. The molecule has 1 aliphatic heterocycles. The molecule has 2 aliphatic rings. The zero-order valence-corrected chi connectivity index (χ0v) is 24.3. The molecule has 0 bridgehead atoms. The molecular weight excluding hydrogens is 512 g/mol. The van der Waals surface area contributed by atoms with Crippen molar-refractivity contribution in [3.05, 3.63) is 66.5 Å². The van der Waals surface area contributed by atoms with Gasteiger partial charge in [-0.1, -0.05) is 42.5 Å². The summed E-state index contributed by atoms with van der Waals surface area (Å²) >= 11 is 0. The van der Waals surface area contributed by atoms with Gasteiger partial charge in [0, 0.05) is 43.5 Å². The number of rotatable bonds is 6. The maximum Gasteiger partial charge on any atom is 0.234 e. The second-order valence-electron chi connectivity index (χ2n) is 12.1. The van der Waals surface area contributed by atoms with Crippen molar-refractivity contribution < 1.29 is 4.79 Å². The molecular formula is C32H40N8O. The molecule has 9 nitrogen and oxygen atoms in total. The van der Waals surface area contributed by atoms with E-state index in [2.05, 4.69) is 36.8 Å². The number of anilines is 2. The summed E-state index contributed by atoms with van der Waals surface area (Å²) < 4.78 is 2.08. The molecule has 0 atom stereocenters. The molecule has 2 fully saturated rings. The average Bonchev–Trinajstić information content (AvgIpc) is 3.39. The van der Waals surface area contributed by atoms with E-state index in [9.17, 15) is 4.79 Å². The van der Waals surface area contributed by atoms with E-state index in [1.165, 1.54) is 19.2 Å². The Balaban J connectivity index is 1.20. The fourth-order valence-electron chi connectivity index (χ4n) is 6.29. The molecule has 0 radical (unpaired) electrons. The summed E-state index contributed by atoms with van der Waals surface area (Å²) in [6, 6.07) is 18.6. The van der Waals surface area contributed by atoms with Gasteiger partial charge in [0.05, 0.1) is 16.8 Å². The number of nitrogen functional groups attached to an aromatic ring is 1. The fraction of sp³-hybridized carbons (Fsp3) is 0.438. The van der Waals surface area contributed by atoms with E-state index in [1.807, 2.05) is 68.4 Å². The van der Waals surface area contributed by atoms with E-state index in [0.717, 1.165) is 72.6 Å². The van der Waals surface area contributed by atoms with Crippen LogP contribution in [0, 0.1) is 0 Å². The van der Waals surface area contributed by atoms with Crippen molar-refractivity contribution in [3.8, 4) is 11.3 Å². The topological polar surface area (TPSA) is 105 Å². The van der Waals surface area contributed by atoms with Gasteiger partial charge in [0.2, 0.25) is 5.91 Å². The molecule has 41 heavy (non-hydrogen) atoms. The number of fused-ring (bicyclic) bond motifs is 1. The minimum Gasteiger partial charge on any atom is -0.383 e. The predicted molar refractivity (Wildman–Crippen MR) is 164 cm³/mol. The number of hydrogen-bond acceptors (Lipinski definition) is 7. The first-order valence-electron chi connectivity index (χ1n) is 14.7. The van der Waals surface area contributed by atoms with Gasteiger partial charge in [-0.15, -0.1) is 0 Å². The van der Waals surface area contributed by atoms with E-state index >= 15 is 0 Å². The van der Waals surface area contributed by atoms with Crippen LogP contribution >= 0.6 is 0 Å². The number of nitrogens with two attached hydrogens (primary N) is 1. The first kappa shape index (κ1) is 27.4. The van der Waals surface area contributed by atoms with Crippen LogP contribution < -0.4 is 11.1 Å². The first-order valence-corrected chi connectivity index (χ1v) is 14.7. The third-order valence-corrected chi connectivity index (χ3v) is 9.06. The van der Waals surface area contributed by atoms with Crippen LogP contribution in [0.15, 0.2) is 60.9 Å². The van der Waals surface area contributed by atoms with Gasteiger partial charge in [-0.25, -0.2) is 14.6 Å². The van der Waals surface area contributed by atoms with E-state index in [4.69, 9.17) is 10.8 Å². The summed E-state index contributed by atoms with van der Waals surface area (Å²) in [6.07, 6.45) is 6.00. The van der Waals surface area contributed by atoms with Crippen LogP contribution in [0.5, 0.6) is 0 Å². The number of benzene rings is 2. The van der Waals surface area contributed by atoms with Gasteiger partial charge < -0.3 is 16.0 Å². The van der Waals surface area contributed by atoms with Gasteiger partial charge >= 0.3 is 0 Å². The van der Waals surface area contributed by atoms with Crippen molar-refractivity contribution in [1.29, 1.82) is 0 Å². The van der Waals surface area contributed by atoms with Gasteiger partial charge in [-0.2, -0.15) is 5.10 Å². The van der Waals surface area contributed by atoms with Crippen molar-refractivity contribution in [2.24, 2.45) is 0 Å². The number of likely N-dealkylation sites (N-methyl/N-ethyl adjacent to an activating group) is 1. The largest absolute Gasteiger partial charge is 0.383 e. The Morgan fingerprint density at radius 1 is 0.902 bits per heavy atom. The average molecular weight is 553 g/mol. The van der Waals surface area contributed by atoms with Crippen molar-refractivity contribution >= 4 is 28.4 Å². The quantitative estimate of drug-likeness (QED) is 0.357. The number of carbonyl (C=O) groups excluding carboxylic acids is 1. The van der Waals surface area contributed by atoms with E-state index in [0.29, 0.717) is 11.9 Å². The molecule has 0 spiro atoms. The smallest absolute Gasteiger partial charge is 0.234 e. The SMILES string of the molecule is CN1CCN(C2CCC(n3nc(-c4ccc(NC(=O)C(C)(C)c5ccccc5)cc4)c4c(N)ncnc43)CC2)CC1. The van der Waals surface area contributed by atoms with Gasteiger partial charge in [0.15, 0.2) is 5.65 Å². The lowest BCUT2D eigenvalue weighted by Gasteiger charge is -2.41. The third kappa shape index (κ3) is 5.44. The Morgan fingerprint density at radius 3 is 2.24 bits per heavy atom. The van der Waals surface area contributed by atoms with Crippen LogP contribution in [0.3, 0.4) is 0 Å². The molecule has 1 amide bonds. The lowest BCUT2D eigenvalue weighted by Crippen LogP contribution is -2.49. The van der Waals surface area contributed by atoms with Gasteiger partial charge in [0.1, 0.15) is 17.8 Å². The Labute approximate surface area is 241 Å². The fourth-order valence-corrected chi connectivity index (χ4v) is 6.29. The van der Waals surface area contributed by atoms with E-state index < -0.39 is 5.41 Å².